The number of hydrogen-bond acceptors (Lipinski definition) is 5. The monoisotopic (exact) mass is 522 g/mol. The van der Waals surface area contributed by atoms with E-state index in [1.54, 1.807) is 50.4 Å². The van der Waals surface area contributed by atoms with Gasteiger partial charge in [0.2, 0.25) is 5.91 Å². The van der Waals surface area contributed by atoms with Crippen molar-refractivity contribution in [3.63, 3.8) is 0 Å². The minimum Gasteiger partial charge on any atom is -0.497 e. The van der Waals surface area contributed by atoms with Gasteiger partial charge in [0, 0.05) is 5.56 Å². The number of sulfonamides is 1. The number of carbonyl (C=O) groups excluding carboxylic acids is 1. The van der Waals surface area contributed by atoms with Crippen molar-refractivity contribution in [3.8, 4) is 11.5 Å². The zero-order valence-electron chi connectivity index (χ0n) is 18.8. The third-order valence-corrected chi connectivity index (χ3v) is 7.62. The molecule has 10 heteroatoms. The van der Waals surface area contributed by atoms with E-state index in [-0.39, 0.29) is 20.6 Å². The molecule has 7 nitrogen and oxygen atoms in total. The molecule has 0 unspecified atom stereocenters. The Hall–Kier alpha value is -2.94. The maximum absolute atomic E-state index is 13.4. The number of anilines is 1. The van der Waals surface area contributed by atoms with Gasteiger partial charge in [-0.3, -0.25) is 9.10 Å². The SMILES string of the molecule is COc1ccc(OC)c([C@H](C)NC(=O)CN(c2ccc(Cl)c(Cl)c2)S(=O)(=O)c2ccccc2)c1. The van der Waals surface area contributed by atoms with Gasteiger partial charge in [-0.05, 0) is 55.5 Å². The van der Waals surface area contributed by atoms with E-state index in [0.29, 0.717) is 17.1 Å². The molecule has 180 valence electrons. The first-order valence-electron chi connectivity index (χ1n) is 10.2. The lowest BCUT2D eigenvalue weighted by Gasteiger charge is -2.26. The number of ether oxygens (including phenoxy) is 2. The molecule has 0 radical (unpaired) electrons. The first kappa shape index (κ1) is 25.7. The molecule has 0 spiro atoms. The number of hydrogen-bond donors (Lipinski definition) is 1. The first-order valence-corrected chi connectivity index (χ1v) is 12.4. The van der Waals surface area contributed by atoms with Crippen molar-refractivity contribution in [3.05, 3.63) is 82.3 Å². The molecule has 0 aliphatic rings. The van der Waals surface area contributed by atoms with Crippen LogP contribution in [0.4, 0.5) is 5.69 Å². The second-order valence-corrected chi connectivity index (χ2v) is 10.00. The summed E-state index contributed by atoms with van der Waals surface area (Å²) in [5.74, 6) is 0.635. The molecule has 34 heavy (non-hydrogen) atoms. The lowest BCUT2D eigenvalue weighted by atomic mass is 10.1. The summed E-state index contributed by atoms with van der Waals surface area (Å²) in [5, 5.41) is 3.27. The summed E-state index contributed by atoms with van der Waals surface area (Å²) < 4.78 is 38.5. The van der Waals surface area contributed by atoms with Crippen molar-refractivity contribution in [2.24, 2.45) is 0 Å². The molecule has 1 N–H and O–H groups in total. The van der Waals surface area contributed by atoms with Crippen LogP contribution in [0.1, 0.15) is 18.5 Å². The van der Waals surface area contributed by atoms with Gasteiger partial charge in [-0.1, -0.05) is 41.4 Å². The number of nitrogens with one attached hydrogen (secondary N) is 1. The normalized spacial score (nSPS) is 12.0. The van der Waals surface area contributed by atoms with Crippen LogP contribution in [0.2, 0.25) is 10.0 Å². The van der Waals surface area contributed by atoms with Crippen LogP contribution in [-0.4, -0.2) is 35.1 Å². The fraction of sp³-hybridized carbons (Fsp3) is 0.208. The highest BCUT2D eigenvalue weighted by Crippen LogP contribution is 2.31. The van der Waals surface area contributed by atoms with Crippen LogP contribution in [0.25, 0.3) is 0 Å². The van der Waals surface area contributed by atoms with Crippen molar-refractivity contribution >= 4 is 44.8 Å². The zero-order valence-corrected chi connectivity index (χ0v) is 21.1. The maximum atomic E-state index is 13.4. The van der Waals surface area contributed by atoms with Crippen LogP contribution in [0.3, 0.4) is 0 Å². The third kappa shape index (κ3) is 5.75. The Morgan fingerprint density at radius 3 is 2.29 bits per heavy atom. The fourth-order valence-electron chi connectivity index (χ4n) is 3.35. The molecular formula is C24H24Cl2N2O5S. The Labute approximate surface area is 209 Å². The van der Waals surface area contributed by atoms with E-state index in [0.717, 1.165) is 4.31 Å². The molecule has 0 aliphatic carbocycles. The van der Waals surface area contributed by atoms with Crippen molar-refractivity contribution in [2.45, 2.75) is 17.9 Å². The molecule has 1 amide bonds. The summed E-state index contributed by atoms with van der Waals surface area (Å²) in [6.07, 6.45) is 0. The summed E-state index contributed by atoms with van der Waals surface area (Å²) in [6, 6.07) is 17.0. The van der Waals surface area contributed by atoms with Crippen LogP contribution in [-0.2, 0) is 14.8 Å². The molecule has 0 saturated heterocycles. The van der Waals surface area contributed by atoms with E-state index in [1.807, 2.05) is 0 Å². The molecular weight excluding hydrogens is 499 g/mol. The van der Waals surface area contributed by atoms with Gasteiger partial charge in [0.1, 0.15) is 18.0 Å². The number of rotatable bonds is 9. The summed E-state index contributed by atoms with van der Waals surface area (Å²) >= 11 is 12.1. The third-order valence-electron chi connectivity index (χ3n) is 5.09. The first-order chi connectivity index (χ1) is 16.2. The highest BCUT2D eigenvalue weighted by atomic mass is 35.5. The quantitative estimate of drug-likeness (QED) is 0.423. The number of carbonyl (C=O) groups is 1. The van der Waals surface area contributed by atoms with Gasteiger partial charge < -0.3 is 14.8 Å². The van der Waals surface area contributed by atoms with E-state index >= 15 is 0 Å². The number of methoxy groups -OCH3 is 2. The molecule has 0 aliphatic heterocycles. The van der Waals surface area contributed by atoms with E-state index in [1.165, 1.54) is 37.4 Å². The second-order valence-electron chi connectivity index (χ2n) is 7.32. The standard InChI is InChI=1S/C24H24Cl2N2O5S/c1-16(20-14-18(32-2)10-12-23(20)33-3)27-24(29)15-28(17-9-11-21(25)22(26)13-17)34(30,31)19-7-5-4-6-8-19/h4-14,16H,15H2,1-3H3,(H,27,29)/t16-/m0/s1. The van der Waals surface area contributed by atoms with E-state index in [9.17, 15) is 13.2 Å². The molecule has 0 aromatic heterocycles. The minimum absolute atomic E-state index is 0.0383. The van der Waals surface area contributed by atoms with E-state index < -0.39 is 28.5 Å². The van der Waals surface area contributed by atoms with Gasteiger partial charge in [-0.15, -0.1) is 0 Å². The highest BCUT2D eigenvalue weighted by Gasteiger charge is 2.28. The molecule has 0 fully saturated rings. The van der Waals surface area contributed by atoms with Crippen LogP contribution >= 0.6 is 23.2 Å². The Bertz CT molecular complexity index is 1270. The molecule has 3 rings (SSSR count). The maximum Gasteiger partial charge on any atom is 0.264 e. The zero-order chi connectivity index (χ0) is 24.9. The smallest absolute Gasteiger partial charge is 0.264 e. The summed E-state index contributed by atoms with van der Waals surface area (Å²) in [5.41, 5.74) is 0.891. The largest absolute Gasteiger partial charge is 0.497 e. The van der Waals surface area contributed by atoms with Crippen molar-refractivity contribution in [1.29, 1.82) is 0 Å². The Kier molecular flexibility index (Phi) is 8.30. The van der Waals surface area contributed by atoms with Gasteiger partial charge >= 0.3 is 0 Å². The number of benzene rings is 3. The summed E-state index contributed by atoms with van der Waals surface area (Å²) in [4.78, 5) is 13.1. The average molecular weight is 523 g/mol. The average Bonchev–Trinajstić information content (AvgIpc) is 2.84. The van der Waals surface area contributed by atoms with Crippen molar-refractivity contribution in [1.82, 2.24) is 5.32 Å². The predicted octanol–water partition coefficient (Wildman–Crippen LogP) is 5.08. The van der Waals surface area contributed by atoms with Gasteiger partial charge in [-0.25, -0.2) is 8.42 Å². The van der Waals surface area contributed by atoms with Gasteiger partial charge in [-0.2, -0.15) is 0 Å². The molecule has 0 heterocycles. The van der Waals surface area contributed by atoms with Crippen LogP contribution in [0.5, 0.6) is 11.5 Å². The molecule has 3 aromatic rings. The topological polar surface area (TPSA) is 84.9 Å². The van der Waals surface area contributed by atoms with Gasteiger partial charge in [0.25, 0.3) is 10.0 Å². The number of halogens is 2. The Morgan fingerprint density at radius 1 is 0.971 bits per heavy atom. The van der Waals surface area contributed by atoms with Gasteiger partial charge in [0.05, 0.1) is 40.9 Å². The minimum atomic E-state index is -4.08. The Balaban J connectivity index is 1.92. The van der Waals surface area contributed by atoms with E-state index in [4.69, 9.17) is 32.7 Å². The Morgan fingerprint density at radius 2 is 1.68 bits per heavy atom. The van der Waals surface area contributed by atoms with Crippen LogP contribution < -0.4 is 19.1 Å². The number of amides is 1. The number of nitrogens with zero attached hydrogens (tertiary/aromatic N) is 1. The highest BCUT2D eigenvalue weighted by molar-refractivity contribution is 7.92. The van der Waals surface area contributed by atoms with E-state index in [2.05, 4.69) is 5.32 Å². The molecule has 3 aromatic carbocycles. The van der Waals surface area contributed by atoms with Crippen molar-refractivity contribution < 1.29 is 22.7 Å². The predicted molar refractivity (Wildman–Crippen MR) is 134 cm³/mol. The summed E-state index contributed by atoms with van der Waals surface area (Å²) in [6.45, 7) is 1.29. The lowest BCUT2D eigenvalue weighted by molar-refractivity contribution is -0.120. The van der Waals surface area contributed by atoms with Crippen LogP contribution in [0, 0.1) is 0 Å². The van der Waals surface area contributed by atoms with Gasteiger partial charge in [0.15, 0.2) is 0 Å². The summed E-state index contributed by atoms with van der Waals surface area (Å²) in [7, 11) is -1.01. The van der Waals surface area contributed by atoms with Crippen LogP contribution in [0.15, 0.2) is 71.6 Å². The lowest BCUT2D eigenvalue weighted by Crippen LogP contribution is -2.41. The second kappa shape index (κ2) is 11.0. The van der Waals surface area contributed by atoms with Crippen molar-refractivity contribution in [2.75, 3.05) is 25.1 Å². The molecule has 1 atom stereocenters. The molecule has 0 bridgehead atoms. The molecule has 0 saturated carbocycles. The fourth-order valence-corrected chi connectivity index (χ4v) is 5.07.